The molecule has 0 saturated carbocycles. The highest BCUT2D eigenvalue weighted by molar-refractivity contribution is 6.02. The molecule has 0 unspecified atom stereocenters. The van der Waals surface area contributed by atoms with E-state index in [4.69, 9.17) is 0 Å². The molecule has 1 aromatic heterocycles. The zero-order valence-electron chi connectivity index (χ0n) is 14.7. The lowest BCUT2D eigenvalue weighted by molar-refractivity contribution is -0.385. The zero-order chi connectivity index (χ0) is 19.6. The van der Waals surface area contributed by atoms with Crippen molar-refractivity contribution in [1.82, 2.24) is 9.78 Å². The van der Waals surface area contributed by atoms with Crippen LogP contribution in [0.3, 0.4) is 0 Å². The first-order chi connectivity index (χ1) is 12.9. The maximum atomic E-state index is 12.5. The largest absolute Gasteiger partial charge is 0.320 e. The van der Waals surface area contributed by atoms with E-state index in [1.807, 2.05) is 18.2 Å². The summed E-state index contributed by atoms with van der Waals surface area (Å²) in [5.41, 5.74) is 1.02. The number of rotatable bonds is 4. The van der Waals surface area contributed by atoms with Gasteiger partial charge in [-0.1, -0.05) is 24.3 Å². The van der Waals surface area contributed by atoms with Crippen LogP contribution in [-0.4, -0.2) is 20.6 Å². The number of carbonyl (C=O) groups excluding carboxylic acids is 1. The van der Waals surface area contributed by atoms with E-state index >= 15 is 0 Å². The molecule has 3 rings (SSSR count). The molecule has 27 heavy (non-hydrogen) atoms. The third kappa shape index (κ3) is 3.74. The van der Waals surface area contributed by atoms with Crippen LogP contribution in [0.25, 0.3) is 5.69 Å². The number of aryl methyl sites for hydroxylation is 2. The van der Waals surface area contributed by atoms with Crippen molar-refractivity contribution < 1.29 is 9.72 Å². The Hall–Kier alpha value is -3.81. The standard InChI is InChI=1S/C19H16N4O4/c1-12-8-9-14(11-16(12)23(26)27)20-19(25)18-17(24)10-13(2)22(21-18)15-6-4-3-5-7-15/h3-11H,1-2H3,(H,20,25). The summed E-state index contributed by atoms with van der Waals surface area (Å²) in [4.78, 5) is 35.3. The Morgan fingerprint density at radius 1 is 1.11 bits per heavy atom. The molecule has 0 spiro atoms. The second kappa shape index (κ2) is 7.20. The molecule has 1 amide bonds. The molecule has 2 aromatic carbocycles. The lowest BCUT2D eigenvalue weighted by atomic mass is 10.2. The molecule has 0 aliphatic rings. The topological polar surface area (TPSA) is 107 Å². The summed E-state index contributed by atoms with van der Waals surface area (Å²) in [5.74, 6) is -0.733. The molecular weight excluding hydrogens is 348 g/mol. The Bertz CT molecular complexity index is 1090. The van der Waals surface area contributed by atoms with Gasteiger partial charge in [-0.25, -0.2) is 4.68 Å². The first kappa shape index (κ1) is 18.0. The van der Waals surface area contributed by atoms with Gasteiger partial charge in [0, 0.05) is 29.1 Å². The third-order valence-corrected chi connectivity index (χ3v) is 3.99. The highest BCUT2D eigenvalue weighted by Crippen LogP contribution is 2.22. The van der Waals surface area contributed by atoms with Crippen LogP contribution >= 0.6 is 0 Å². The highest BCUT2D eigenvalue weighted by atomic mass is 16.6. The number of hydrogen-bond acceptors (Lipinski definition) is 5. The average molecular weight is 364 g/mol. The van der Waals surface area contributed by atoms with Crippen LogP contribution < -0.4 is 10.7 Å². The second-order valence-corrected chi connectivity index (χ2v) is 5.96. The van der Waals surface area contributed by atoms with Crippen LogP contribution in [0.4, 0.5) is 11.4 Å². The van der Waals surface area contributed by atoms with Crippen LogP contribution in [0.15, 0.2) is 59.4 Å². The van der Waals surface area contributed by atoms with E-state index < -0.39 is 16.3 Å². The van der Waals surface area contributed by atoms with Crippen LogP contribution in [0.5, 0.6) is 0 Å². The number of nitro benzene ring substituents is 1. The minimum atomic E-state index is -0.733. The van der Waals surface area contributed by atoms with Crippen LogP contribution in [0.2, 0.25) is 0 Å². The fourth-order valence-electron chi connectivity index (χ4n) is 2.61. The number of nitrogens with zero attached hydrogens (tertiary/aromatic N) is 3. The number of amides is 1. The van der Waals surface area contributed by atoms with Crippen molar-refractivity contribution >= 4 is 17.3 Å². The van der Waals surface area contributed by atoms with Gasteiger partial charge in [0.15, 0.2) is 5.69 Å². The molecule has 0 saturated heterocycles. The quantitative estimate of drug-likeness (QED) is 0.566. The molecule has 0 fully saturated rings. The van der Waals surface area contributed by atoms with Gasteiger partial charge in [0.1, 0.15) is 0 Å². The van der Waals surface area contributed by atoms with E-state index in [-0.39, 0.29) is 17.1 Å². The van der Waals surface area contributed by atoms with Crippen molar-refractivity contribution in [2.24, 2.45) is 0 Å². The van der Waals surface area contributed by atoms with Gasteiger partial charge < -0.3 is 5.32 Å². The zero-order valence-corrected chi connectivity index (χ0v) is 14.7. The van der Waals surface area contributed by atoms with Gasteiger partial charge in [-0.2, -0.15) is 5.10 Å². The van der Waals surface area contributed by atoms with E-state index in [9.17, 15) is 19.7 Å². The predicted molar refractivity (Wildman–Crippen MR) is 100 cm³/mol. The Labute approximate surface area is 154 Å². The average Bonchev–Trinajstić information content (AvgIpc) is 2.63. The number of para-hydroxylation sites is 1. The highest BCUT2D eigenvalue weighted by Gasteiger charge is 2.17. The molecule has 1 N–H and O–H groups in total. The summed E-state index contributed by atoms with van der Waals surface area (Å²) >= 11 is 0. The number of hydrogen-bond donors (Lipinski definition) is 1. The van der Waals surface area contributed by atoms with E-state index in [0.717, 1.165) is 0 Å². The molecule has 1 heterocycles. The Balaban J connectivity index is 1.97. The normalized spacial score (nSPS) is 10.4. The summed E-state index contributed by atoms with van der Waals surface area (Å²) in [5, 5.41) is 17.7. The number of carbonyl (C=O) groups is 1. The monoisotopic (exact) mass is 364 g/mol. The van der Waals surface area contributed by atoms with Gasteiger partial charge in [-0.15, -0.1) is 0 Å². The first-order valence-electron chi connectivity index (χ1n) is 8.09. The lowest BCUT2D eigenvalue weighted by Crippen LogP contribution is -2.26. The van der Waals surface area contributed by atoms with Gasteiger partial charge in [-0.3, -0.25) is 19.7 Å². The summed E-state index contributed by atoms with van der Waals surface area (Å²) in [6.45, 7) is 3.32. The van der Waals surface area contributed by atoms with Crippen molar-refractivity contribution in [3.8, 4) is 5.69 Å². The molecule has 136 valence electrons. The molecule has 0 radical (unpaired) electrons. The molecule has 0 bridgehead atoms. The fraction of sp³-hybridized carbons (Fsp3) is 0.105. The van der Waals surface area contributed by atoms with Crippen molar-refractivity contribution in [3.63, 3.8) is 0 Å². The minimum absolute atomic E-state index is 0.119. The van der Waals surface area contributed by atoms with E-state index in [2.05, 4.69) is 10.4 Å². The number of nitrogens with one attached hydrogen (secondary N) is 1. The summed E-state index contributed by atoms with van der Waals surface area (Å²) in [6, 6.07) is 14.7. The van der Waals surface area contributed by atoms with Gasteiger partial charge in [0.2, 0.25) is 5.43 Å². The number of anilines is 1. The van der Waals surface area contributed by atoms with Crippen LogP contribution in [0.1, 0.15) is 21.7 Å². The SMILES string of the molecule is Cc1ccc(NC(=O)c2nn(-c3ccccc3)c(C)cc2=O)cc1[N+](=O)[O-]. The van der Waals surface area contributed by atoms with E-state index in [1.165, 1.54) is 28.9 Å². The third-order valence-electron chi connectivity index (χ3n) is 3.99. The Morgan fingerprint density at radius 2 is 1.81 bits per heavy atom. The summed E-state index contributed by atoms with van der Waals surface area (Å²) in [7, 11) is 0. The fourth-order valence-corrected chi connectivity index (χ4v) is 2.61. The predicted octanol–water partition coefficient (Wildman–Crippen LogP) is 3.01. The molecule has 0 aliphatic heterocycles. The molecule has 3 aromatic rings. The maximum Gasteiger partial charge on any atom is 0.280 e. The Morgan fingerprint density at radius 3 is 2.48 bits per heavy atom. The van der Waals surface area contributed by atoms with Crippen molar-refractivity contribution in [2.45, 2.75) is 13.8 Å². The van der Waals surface area contributed by atoms with Gasteiger partial charge in [0.05, 0.1) is 10.6 Å². The summed E-state index contributed by atoms with van der Waals surface area (Å²) < 4.78 is 1.49. The van der Waals surface area contributed by atoms with Crippen LogP contribution in [0, 0.1) is 24.0 Å². The number of nitro groups is 1. The smallest absolute Gasteiger partial charge is 0.280 e. The maximum absolute atomic E-state index is 12.5. The van der Waals surface area contributed by atoms with Crippen molar-refractivity contribution in [3.05, 3.63) is 91.9 Å². The van der Waals surface area contributed by atoms with Crippen molar-refractivity contribution in [1.29, 1.82) is 0 Å². The molecule has 8 heteroatoms. The molecule has 0 atom stereocenters. The lowest BCUT2D eigenvalue weighted by Gasteiger charge is -2.11. The second-order valence-electron chi connectivity index (χ2n) is 5.96. The van der Waals surface area contributed by atoms with E-state index in [0.29, 0.717) is 16.9 Å². The molecular formula is C19H16N4O4. The van der Waals surface area contributed by atoms with Gasteiger partial charge in [-0.05, 0) is 32.0 Å². The first-order valence-corrected chi connectivity index (χ1v) is 8.09. The van der Waals surface area contributed by atoms with Crippen LogP contribution in [-0.2, 0) is 0 Å². The number of aromatic nitrogens is 2. The molecule has 8 nitrogen and oxygen atoms in total. The van der Waals surface area contributed by atoms with Crippen molar-refractivity contribution in [2.75, 3.05) is 5.32 Å². The van der Waals surface area contributed by atoms with E-state index in [1.54, 1.807) is 26.0 Å². The summed E-state index contributed by atoms with van der Waals surface area (Å²) in [6.07, 6.45) is 0. The minimum Gasteiger partial charge on any atom is -0.320 e. The van der Waals surface area contributed by atoms with Gasteiger partial charge in [0.25, 0.3) is 11.6 Å². The molecule has 0 aliphatic carbocycles. The number of benzene rings is 2. The Kier molecular flexibility index (Phi) is 4.80. The van der Waals surface area contributed by atoms with Gasteiger partial charge >= 0.3 is 0 Å².